The predicted molar refractivity (Wildman–Crippen MR) is 62.3 cm³/mol. The Balaban J connectivity index is 1.97. The molecule has 0 aromatic carbocycles. The first kappa shape index (κ1) is 11.5. The van der Waals surface area contributed by atoms with E-state index in [1.807, 2.05) is 6.92 Å². The Morgan fingerprint density at radius 2 is 1.94 bits per heavy atom. The third-order valence-corrected chi connectivity index (χ3v) is 5.04. The van der Waals surface area contributed by atoms with Gasteiger partial charge in [-0.2, -0.15) is 0 Å². The van der Waals surface area contributed by atoms with E-state index in [0.29, 0.717) is 12.5 Å². The summed E-state index contributed by atoms with van der Waals surface area (Å²) in [6.45, 7) is 2.42. The predicted octanol–water partition coefficient (Wildman–Crippen LogP) is 1.74. The second kappa shape index (κ2) is 3.68. The lowest BCUT2D eigenvalue weighted by Crippen LogP contribution is -2.11. The Labute approximate surface area is 105 Å². The summed E-state index contributed by atoms with van der Waals surface area (Å²) in [5.74, 6) is 2.81. The molecule has 3 rings (SSSR count). The van der Waals surface area contributed by atoms with Gasteiger partial charge in [0.05, 0.1) is 0 Å². The van der Waals surface area contributed by atoms with Crippen LogP contribution in [0.4, 0.5) is 0 Å². The molecule has 2 aliphatic carbocycles. The van der Waals surface area contributed by atoms with E-state index in [1.165, 1.54) is 6.42 Å². The van der Waals surface area contributed by atoms with E-state index >= 15 is 0 Å². The molecule has 2 saturated carbocycles. The van der Waals surface area contributed by atoms with Crippen molar-refractivity contribution in [3.63, 3.8) is 0 Å². The van der Waals surface area contributed by atoms with Gasteiger partial charge in [-0.1, -0.05) is 0 Å². The third kappa shape index (κ3) is 1.87. The molecule has 2 aliphatic rings. The lowest BCUT2D eigenvalue weighted by molar-refractivity contribution is 0.528. The van der Waals surface area contributed by atoms with E-state index in [0.717, 1.165) is 30.5 Å². The Hall–Kier alpha value is -0.620. The molecule has 0 saturated heterocycles. The second-order valence-corrected chi connectivity index (χ2v) is 7.41. The molecule has 5 nitrogen and oxygen atoms in total. The van der Waals surface area contributed by atoms with Gasteiger partial charge in [0.2, 0.25) is 0 Å². The molecule has 17 heavy (non-hydrogen) atoms. The highest BCUT2D eigenvalue weighted by Crippen LogP contribution is 2.57. The number of fused-ring (bicyclic) bond motifs is 1. The van der Waals surface area contributed by atoms with E-state index in [9.17, 15) is 8.42 Å². The Bertz CT molecular complexity index is 544. The summed E-state index contributed by atoms with van der Waals surface area (Å²) in [5.41, 5.74) is 0. The van der Waals surface area contributed by atoms with Crippen molar-refractivity contribution in [2.45, 2.75) is 43.8 Å². The van der Waals surface area contributed by atoms with Gasteiger partial charge in [-0.15, -0.1) is 10.2 Å². The van der Waals surface area contributed by atoms with Gasteiger partial charge in [0.1, 0.15) is 5.82 Å². The number of nitrogens with zero attached hydrogens (tertiary/aromatic N) is 3. The molecule has 0 N–H and O–H groups in total. The van der Waals surface area contributed by atoms with Gasteiger partial charge >= 0.3 is 0 Å². The zero-order chi connectivity index (χ0) is 12.2. The van der Waals surface area contributed by atoms with Gasteiger partial charge in [0.15, 0.2) is 0 Å². The molecule has 1 aromatic rings. The molecule has 7 heteroatoms. The molecule has 94 valence electrons. The molecule has 0 bridgehead atoms. The van der Waals surface area contributed by atoms with Crippen LogP contribution in [0.1, 0.15) is 37.9 Å². The maximum Gasteiger partial charge on any atom is 0.296 e. The third-order valence-electron chi connectivity index (χ3n) is 3.89. The van der Waals surface area contributed by atoms with Crippen molar-refractivity contribution >= 4 is 19.7 Å². The van der Waals surface area contributed by atoms with Crippen LogP contribution >= 0.6 is 10.7 Å². The summed E-state index contributed by atoms with van der Waals surface area (Å²) >= 11 is 0. The fourth-order valence-electron chi connectivity index (χ4n) is 3.01. The summed E-state index contributed by atoms with van der Waals surface area (Å²) in [4.78, 5) is 0. The van der Waals surface area contributed by atoms with E-state index in [4.69, 9.17) is 10.7 Å². The summed E-state index contributed by atoms with van der Waals surface area (Å²) in [6, 6.07) is 0. The van der Waals surface area contributed by atoms with Crippen LogP contribution in [0, 0.1) is 11.8 Å². The van der Waals surface area contributed by atoms with Gasteiger partial charge in [-0.05, 0) is 38.0 Å². The van der Waals surface area contributed by atoms with Crippen LogP contribution in [0.2, 0.25) is 0 Å². The van der Waals surface area contributed by atoms with Crippen LogP contribution in [0.3, 0.4) is 0 Å². The summed E-state index contributed by atoms with van der Waals surface area (Å²) < 4.78 is 24.3. The molecule has 0 aliphatic heterocycles. The van der Waals surface area contributed by atoms with Crippen LogP contribution in [-0.4, -0.2) is 23.2 Å². The normalized spacial score (nSPS) is 31.5. The highest BCUT2D eigenvalue weighted by molar-refractivity contribution is 8.13. The Morgan fingerprint density at radius 3 is 2.47 bits per heavy atom. The minimum absolute atomic E-state index is 0.114. The molecule has 2 fully saturated rings. The van der Waals surface area contributed by atoms with Crippen molar-refractivity contribution in [3.8, 4) is 0 Å². The van der Waals surface area contributed by atoms with Gasteiger partial charge in [-0.25, -0.2) is 8.42 Å². The molecular formula is C10H14ClN3O2S. The first-order valence-electron chi connectivity index (χ1n) is 5.88. The number of halogens is 1. The van der Waals surface area contributed by atoms with Gasteiger partial charge < -0.3 is 4.57 Å². The minimum atomic E-state index is -3.80. The van der Waals surface area contributed by atoms with Crippen LogP contribution in [0.15, 0.2) is 5.16 Å². The zero-order valence-corrected chi connectivity index (χ0v) is 11.1. The van der Waals surface area contributed by atoms with E-state index in [1.54, 1.807) is 4.57 Å². The monoisotopic (exact) mass is 275 g/mol. The SMILES string of the molecule is CCn1c(C2CC3CC3C2)nnc1S(=O)(=O)Cl. The molecule has 0 spiro atoms. The maximum absolute atomic E-state index is 11.4. The topological polar surface area (TPSA) is 64.8 Å². The standard InChI is InChI=1S/C10H14ClN3O2S/c1-2-14-9(8-4-6-3-7(6)5-8)12-13-10(14)17(11,15)16/h6-8H,2-5H2,1H3. The highest BCUT2D eigenvalue weighted by Gasteiger charge is 2.47. The molecule has 2 atom stereocenters. The maximum atomic E-state index is 11.4. The van der Waals surface area contributed by atoms with Crippen molar-refractivity contribution in [1.82, 2.24) is 14.8 Å². The van der Waals surface area contributed by atoms with Crippen LogP contribution < -0.4 is 0 Å². The Morgan fingerprint density at radius 1 is 1.29 bits per heavy atom. The lowest BCUT2D eigenvalue weighted by atomic mass is 10.0. The van der Waals surface area contributed by atoms with Gasteiger partial charge in [0.25, 0.3) is 14.2 Å². The Kier molecular flexibility index (Phi) is 2.49. The van der Waals surface area contributed by atoms with Crippen molar-refractivity contribution in [3.05, 3.63) is 5.82 Å². The first-order chi connectivity index (χ1) is 8.00. The number of hydrogen-bond acceptors (Lipinski definition) is 4. The van der Waals surface area contributed by atoms with Crippen molar-refractivity contribution in [2.24, 2.45) is 11.8 Å². The molecule has 0 amide bonds. The summed E-state index contributed by atoms with van der Waals surface area (Å²) in [6.07, 6.45) is 3.56. The van der Waals surface area contributed by atoms with Crippen LogP contribution in [-0.2, 0) is 15.6 Å². The lowest BCUT2D eigenvalue weighted by Gasteiger charge is -2.12. The summed E-state index contributed by atoms with van der Waals surface area (Å²) in [7, 11) is 1.55. The molecule has 1 heterocycles. The smallest absolute Gasteiger partial charge is 0.296 e. The second-order valence-electron chi connectivity index (χ2n) is 4.95. The largest absolute Gasteiger partial charge is 0.301 e. The van der Waals surface area contributed by atoms with Crippen LogP contribution in [0.25, 0.3) is 0 Å². The minimum Gasteiger partial charge on any atom is -0.301 e. The van der Waals surface area contributed by atoms with Gasteiger partial charge in [-0.3, -0.25) is 0 Å². The average molecular weight is 276 g/mol. The number of rotatable bonds is 3. The molecular weight excluding hydrogens is 262 g/mol. The van der Waals surface area contributed by atoms with Crippen LogP contribution in [0.5, 0.6) is 0 Å². The number of aromatic nitrogens is 3. The van der Waals surface area contributed by atoms with Gasteiger partial charge in [0, 0.05) is 23.1 Å². The average Bonchev–Trinajstić information content (AvgIpc) is 2.75. The zero-order valence-electron chi connectivity index (χ0n) is 9.50. The van der Waals surface area contributed by atoms with Crippen molar-refractivity contribution in [1.29, 1.82) is 0 Å². The van der Waals surface area contributed by atoms with E-state index in [2.05, 4.69) is 10.2 Å². The van der Waals surface area contributed by atoms with E-state index in [-0.39, 0.29) is 5.16 Å². The highest BCUT2D eigenvalue weighted by atomic mass is 35.7. The fraction of sp³-hybridized carbons (Fsp3) is 0.800. The fourth-order valence-corrected chi connectivity index (χ4v) is 3.97. The molecule has 0 radical (unpaired) electrons. The first-order valence-corrected chi connectivity index (χ1v) is 8.19. The van der Waals surface area contributed by atoms with E-state index < -0.39 is 9.05 Å². The summed E-state index contributed by atoms with van der Waals surface area (Å²) in [5, 5.41) is 7.66. The molecule has 2 unspecified atom stereocenters. The quantitative estimate of drug-likeness (QED) is 0.788. The number of hydrogen-bond donors (Lipinski definition) is 0. The molecule has 1 aromatic heterocycles. The van der Waals surface area contributed by atoms with Crippen molar-refractivity contribution < 1.29 is 8.42 Å². The van der Waals surface area contributed by atoms with Crippen molar-refractivity contribution in [2.75, 3.05) is 0 Å².